The van der Waals surface area contributed by atoms with E-state index in [1.807, 2.05) is 6.07 Å². The Morgan fingerprint density at radius 1 is 1.06 bits per heavy atom. The summed E-state index contributed by atoms with van der Waals surface area (Å²) in [5, 5.41) is 20.7. The van der Waals surface area contributed by atoms with Crippen LogP contribution in [0.15, 0.2) is 18.3 Å². The van der Waals surface area contributed by atoms with E-state index in [2.05, 4.69) is 54.4 Å². The largest absolute Gasteiger partial charge is 0.381 e. The minimum atomic E-state index is -0.175. The normalized spacial score (nSPS) is 24.6. The molecule has 3 heterocycles. The van der Waals surface area contributed by atoms with E-state index in [1.165, 1.54) is 31.4 Å². The fraction of sp³-hybridized carbons (Fsp3) is 0.680. The number of nitrogens with one attached hydrogen (secondary N) is 5. The number of H-pyrrole nitrogens is 1. The number of ether oxygens (including phenoxy) is 1. The van der Waals surface area contributed by atoms with E-state index in [-0.39, 0.29) is 17.6 Å². The minimum absolute atomic E-state index is 0.0672. The lowest BCUT2D eigenvalue weighted by Crippen LogP contribution is -2.55. The van der Waals surface area contributed by atoms with Gasteiger partial charge in [-0.15, -0.1) is 0 Å². The molecule has 0 bridgehead atoms. The summed E-state index contributed by atoms with van der Waals surface area (Å²) in [6.45, 7) is 3.50. The molecule has 3 fully saturated rings. The van der Waals surface area contributed by atoms with E-state index in [1.54, 1.807) is 6.20 Å². The summed E-state index contributed by atoms with van der Waals surface area (Å²) >= 11 is 0. The van der Waals surface area contributed by atoms with Crippen LogP contribution < -0.4 is 21.3 Å². The third-order valence-electron chi connectivity index (χ3n) is 7.71. The lowest BCUT2D eigenvalue weighted by molar-refractivity contribution is 0.0489. The Morgan fingerprint density at radius 2 is 1.80 bits per heavy atom. The summed E-state index contributed by atoms with van der Waals surface area (Å²) in [5.74, 6) is 2.72. The first-order valence-electron chi connectivity index (χ1n) is 13.1. The number of nitrogens with zero attached hydrogens (tertiary/aromatic N) is 3. The second kappa shape index (κ2) is 10.8. The Labute approximate surface area is 206 Å². The van der Waals surface area contributed by atoms with Crippen molar-refractivity contribution in [3.05, 3.63) is 24.0 Å². The van der Waals surface area contributed by atoms with Gasteiger partial charge < -0.3 is 26.0 Å². The first-order chi connectivity index (χ1) is 17.0. The Balaban J connectivity index is 1.07. The molecule has 190 valence electrons. The van der Waals surface area contributed by atoms with E-state index in [0.29, 0.717) is 31.1 Å². The van der Waals surface area contributed by atoms with E-state index in [0.717, 1.165) is 50.2 Å². The lowest BCUT2D eigenvalue weighted by atomic mass is 9.91. The molecule has 2 aromatic heterocycles. The molecule has 10 heteroatoms. The number of amides is 2. The highest BCUT2D eigenvalue weighted by Crippen LogP contribution is 2.34. The van der Waals surface area contributed by atoms with Crippen molar-refractivity contribution in [2.75, 3.05) is 23.8 Å². The standard InChI is InChI=1S/C25H38N8O2/c1-25(11-14-35-15-12-25)31-24(34)28-19-8-6-18(7-9-19)27-23-26-13-10-21(30-23)29-22-16-20(32-33-22)17-4-2-3-5-17/h10,13,16-19H,2-9,11-12,14-15H2,1H3,(H2,28,31,34)(H3,26,27,29,30,32,33)/t18-,19-. The molecule has 0 atom stereocenters. The van der Waals surface area contributed by atoms with Crippen molar-refractivity contribution in [3.63, 3.8) is 0 Å². The van der Waals surface area contributed by atoms with Gasteiger partial charge in [0.1, 0.15) is 5.82 Å². The summed E-state index contributed by atoms with van der Waals surface area (Å²) in [6, 6.07) is 4.37. The number of hydrogen-bond acceptors (Lipinski definition) is 7. The molecule has 2 amide bonds. The monoisotopic (exact) mass is 482 g/mol. The van der Waals surface area contributed by atoms with Crippen LogP contribution in [0.2, 0.25) is 0 Å². The predicted octanol–water partition coefficient (Wildman–Crippen LogP) is 4.19. The molecule has 35 heavy (non-hydrogen) atoms. The topological polar surface area (TPSA) is 129 Å². The van der Waals surface area contributed by atoms with Gasteiger partial charge in [-0.05, 0) is 64.4 Å². The van der Waals surface area contributed by atoms with Crippen molar-refractivity contribution in [2.45, 2.75) is 94.7 Å². The summed E-state index contributed by atoms with van der Waals surface area (Å²) < 4.78 is 5.42. The molecule has 0 radical (unpaired) electrons. The molecule has 5 rings (SSSR count). The average Bonchev–Trinajstić information content (AvgIpc) is 3.53. The van der Waals surface area contributed by atoms with E-state index < -0.39 is 0 Å². The number of carbonyl (C=O) groups is 1. The van der Waals surface area contributed by atoms with Crippen LogP contribution in [0.3, 0.4) is 0 Å². The third kappa shape index (κ3) is 6.42. The van der Waals surface area contributed by atoms with Gasteiger partial charge in [0.05, 0.1) is 0 Å². The van der Waals surface area contributed by atoms with E-state index >= 15 is 0 Å². The summed E-state index contributed by atoms with van der Waals surface area (Å²) in [5.41, 5.74) is 1.03. The maximum absolute atomic E-state index is 12.5. The molecule has 2 aliphatic carbocycles. The smallest absolute Gasteiger partial charge is 0.315 e. The fourth-order valence-electron chi connectivity index (χ4n) is 5.48. The number of anilines is 3. The van der Waals surface area contributed by atoms with Crippen LogP contribution in [0, 0.1) is 0 Å². The molecule has 1 saturated heterocycles. The van der Waals surface area contributed by atoms with Gasteiger partial charge in [0.15, 0.2) is 5.82 Å². The number of hydrogen-bond donors (Lipinski definition) is 5. The maximum atomic E-state index is 12.5. The molecule has 3 aliphatic rings. The van der Waals surface area contributed by atoms with Crippen molar-refractivity contribution in [3.8, 4) is 0 Å². The zero-order chi connectivity index (χ0) is 24.1. The van der Waals surface area contributed by atoms with Gasteiger partial charge in [-0.3, -0.25) is 5.10 Å². The Morgan fingerprint density at radius 3 is 2.57 bits per heavy atom. The number of aromatic nitrogens is 4. The lowest BCUT2D eigenvalue weighted by Gasteiger charge is -2.36. The minimum Gasteiger partial charge on any atom is -0.381 e. The molecular weight excluding hydrogens is 444 g/mol. The number of carbonyl (C=O) groups excluding carboxylic acids is 1. The van der Waals surface area contributed by atoms with Crippen LogP contribution in [0.1, 0.15) is 82.7 Å². The third-order valence-corrected chi connectivity index (χ3v) is 7.71. The fourth-order valence-corrected chi connectivity index (χ4v) is 5.48. The predicted molar refractivity (Wildman–Crippen MR) is 135 cm³/mol. The first-order valence-corrected chi connectivity index (χ1v) is 13.1. The Bertz CT molecular complexity index is 975. The zero-order valence-corrected chi connectivity index (χ0v) is 20.6. The van der Waals surface area contributed by atoms with Gasteiger partial charge >= 0.3 is 6.03 Å². The van der Waals surface area contributed by atoms with Crippen LogP contribution in [-0.4, -0.2) is 57.0 Å². The van der Waals surface area contributed by atoms with Gasteiger partial charge in [-0.2, -0.15) is 10.1 Å². The molecule has 0 spiro atoms. The van der Waals surface area contributed by atoms with Crippen molar-refractivity contribution >= 4 is 23.6 Å². The highest BCUT2D eigenvalue weighted by molar-refractivity contribution is 5.75. The van der Waals surface area contributed by atoms with Crippen LogP contribution in [0.4, 0.5) is 22.4 Å². The highest BCUT2D eigenvalue weighted by Gasteiger charge is 2.30. The Kier molecular flexibility index (Phi) is 7.36. The van der Waals surface area contributed by atoms with E-state index in [4.69, 9.17) is 4.74 Å². The summed E-state index contributed by atoms with van der Waals surface area (Å²) in [4.78, 5) is 21.5. The van der Waals surface area contributed by atoms with Gasteiger partial charge in [0, 0.05) is 54.7 Å². The summed E-state index contributed by atoms with van der Waals surface area (Å²) in [6.07, 6.45) is 12.3. The van der Waals surface area contributed by atoms with Crippen LogP contribution in [0.25, 0.3) is 0 Å². The molecule has 0 unspecified atom stereocenters. The number of rotatable bonds is 7. The second-order valence-corrected chi connectivity index (χ2v) is 10.5. The maximum Gasteiger partial charge on any atom is 0.315 e. The number of aromatic amines is 1. The number of urea groups is 1. The SMILES string of the molecule is CC1(NC(=O)N[C@H]2CC[C@H](Nc3nccc(Nc4cc(C5CCCC5)[nH]n4)n3)CC2)CCOCC1. The first kappa shape index (κ1) is 23.8. The van der Waals surface area contributed by atoms with Crippen molar-refractivity contribution in [1.29, 1.82) is 0 Å². The molecule has 1 aliphatic heterocycles. The van der Waals surface area contributed by atoms with Crippen LogP contribution >= 0.6 is 0 Å². The van der Waals surface area contributed by atoms with Crippen molar-refractivity contribution in [1.82, 2.24) is 30.8 Å². The highest BCUT2D eigenvalue weighted by atomic mass is 16.5. The van der Waals surface area contributed by atoms with Crippen molar-refractivity contribution in [2.24, 2.45) is 0 Å². The van der Waals surface area contributed by atoms with Crippen molar-refractivity contribution < 1.29 is 9.53 Å². The molecule has 2 aromatic rings. The Hall–Kier alpha value is -2.88. The molecule has 10 nitrogen and oxygen atoms in total. The van der Waals surface area contributed by atoms with Gasteiger partial charge in [0.2, 0.25) is 5.95 Å². The quantitative estimate of drug-likeness (QED) is 0.400. The van der Waals surface area contributed by atoms with Crippen LogP contribution in [-0.2, 0) is 4.74 Å². The molecule has 5 N–H and O–H groups in total. The van der Waals surface area contributed by atoms with E-state index in [9.17, 15) is 4.79 Å². The molecule has 2 saturated carbocycles. The average molecular weight is 483 g/mol. The second-order valence-electron chi connectivity index (χ2n) is 10.5. The van der Waals surface area contributed by atoms with Gasteiger partial charge in [-0.1, -0.05) is 12.8 Å². The van der Waals surface area contributed by atoms with Crippen LogP contribution in [0.5, 0.6) is 0 Å². The van der Waals surface area contributed by atoms with Gasteiger partial charge in [-0.25, -0.2) is 9.78 Å². The summed E-state index contributed by atoms with van der Waals surface area (Å²) in [7, 11) is 0. The molecular formula is C25H38N8O2. The zero-order valence-electron chi connectivity index (χ0n) is 20.6. The van der Waals surface area contributed by atoms with Gasteiger partial charge in [0.25, 0.3) is 0 Å². The molecule has 0 aromatic carbocycles.